The van der Waals surface area contributed by atoms with Gasteiger partial charge in [-0.1, -0.05) is 13.8 Å². The first-order valence-electron chi connectivity index (χ1n) is 7.31. The van der Waals surface area contributed by atoms with Gasteiger partial charge in [0.15, 0.2) is 0 Å². The topological polar surface area (TPSA) is 49.6 Å². The lowest BCUT2D eigenvalue weighted by molar-refractivity contribution is -0.137. The summed E-state index contributed by atoms with van der Waals surface area (Å²) in [6.07, 6.45) is 2.12. The Morgan fingerprint density at radius 1 is 1.11 bits per heavy atom. The van der Waals surface area contributed by atoms with Crippen molar-refractivity contribution in [3.8, 4) is 0 Å². The van der Waals surface area contributed by atoms with Crippen molar-refractivity contribution in [3.05, 3.63) is 0 Å². The van der Waals surface area contributed by atoms with Gasteiger partial charge in [0.25, 0.3) is 0 Å². The Labute approximate surface area is 113 Å². The molecule has 1 atom stereocenters. The first-order valence-corrected chi connectivity index (χ1v) is 7.31. The summed E-state index contributed by atoms with van der Waals surface area (Å²) in [4.78, 5) is 16.6. The van der Waals surface area contributed by atoms with E-state index in [4.69, 9.17) is 5.73 Å². The molecule has 4 heteroatoms. The molecule has 1 unspecified atom stereocenters. The number of rotatable bonds is 9. The van der Waals surface area contributed by atoms with E-state index in [1.54, 1.807) is 0 Å². The minimum atomic E-state index is -0.0710. The second-order valence-electron chi connectivity index (χ2n) is 4.68. The molecule has 0 saturated carbocycles. The van der Waals surface area contributed by atoms with Crippen LogP contribution in [0.1, 0.15) is 47.5 Å². The van der Waals surface area contributed by atoms with Gasteiger partial charge in [-0.3, -0.25) is 9.69 Å². The highest BCUT2D eigenvalue weighted by Crippen LogP contribution is 2.14. The Hall–Kier alpha value is -0.610. The molecule has 2 N–H and O–H groups in total. The zero-order valence-electron chi connectivity index (χ0n) is 12.8. The quantitative estimate of drug-likeness (QED) is 0.684. The van der Waals surface area contributed by atoms with Crippen LogP contribution in [0.4, 0.5) is 0 Å². The number of carbonyl (C=O) groups is 1. The molecular weight excluding hydrogens is 226 g/mol. The van der Waals surface area contributed by atoms with E-state index in [1.807, 2.05) is 25.7 Å². The van der Waals surface area contributed by atoms with Crippen LogP contribution in [0.5, 0.6) is 0 Å². The van der Waals surface area contributed by atoms with Gasteiger partial charge in [-0.25, -0.2) is 0 Å². The second kappa shape index (κ2) is 9.34. The SMILES string of the molecule is CCC(CC)N(CCN)C(C)C(=O)N(CC)CC. The van der Waals surface area contributed by atoms with Gasteiger partial charge in [-0.2, -0.15) is 0 Å². The van der Waals surface area contributed by atoms with Gasteiger partial charge < -0.3 is 10.6 Å². The lowest BCUT2D eigenvalue weighted by atomic mass is 10.1. The van der Waals surface area contributed by atoms with Crippen LogP contribution >= 0.6 is 0 Å². The fourth-order valence-electron chi connectivity index (χ4n) is 2.54. The Balaban J connectivity index is 4.83. The summed E-state index contributed by atoms with van der Waals surface area (Å²) < 4.78 is 0. The highest BCUT2D eigenvalue weighted by Gasteiger charge is 2.27. The molecule has 0 aliphatic carbocycles. The molecule has 0 aliphatic heterocycles. The molecule has 108 valence electrons. The van der Waals surface area contributed by atoms with Crippen LogP contribution in [-0.4, -0.2) is 54.0 Å². The van der Waals surface area contributed by atoms with Gasteiger partial charge in [0, 0.05) is 32.2 Å². The van der Waals surface area contributed by atoms with Crippen LogP contribution in [-0.2, 0) is 4.79 Å². The summed E-state index contributed by atoms with van der Waals surface area (Å²) in [6.45, 7) is 13.4. The Morgan fingerprint density at radius 2 is 1.61 bits per heavy atom. The van der Waals surface area contributed by atoms with Crippen molar-refractivity contribution in [3.63, 3.8) is 0 Å². The van der Waals surface area contributed by atoms with Crippen LogP contribution in [0.15, 0.2) is 0 Å². The summed E-state index contributed by atoms with van der Waals surface area (Å²) in [5, 5.41) is 0. The average Bonchev–Trinajstić information content (AvgIpc) is 2.39. The molecule has 0 fully saturated rings. The zero-order chi connectivity index (χ0) is 14.1. The number of hydrogen-bond donors (Lipinski definition) is 1. The number of nitrogens with two attached hydrogens (primary N) is 1. The third kappa shape index (κ3) is 4.58. The van der Waals surface area contributed by atoms with Gasteiger partial charge in [0.05, 0.1) is 6.04 Å². The molecule has 0 aliphatic rings. The summed E-state index contributed by atoms with van der Waals surface area (Å²) in [5.41, 5.74) is 5.69. The summed E-state index contributed by atoms with van der Waals surface area (Å²) >= 11 is 0. The Kier molecular flexibility index (Phi) is 9.02. The van der Waals surface area contributed by atoms with Gasteiger partial charge in [-0.15, -0.1) is 0 Å². The molecule has 0 aromatic heterocycles. The van der Waals surface area contributed by atoms with Crippen molar-refractivity contribution in [2.24, 2.45) is 5.73 Å². The number of amides is 1. The average molecular weight is 257 g/mol. The molecule has 0 aromatic rings. The van der Waals surface area contributed by atoms with E-state index in [0.717, 1.165) is 32.5 Å². The lowest BCUT2D eigenvalue weighted by Gasteiger charge is -2.36. The molecule has 18 heavy (non-hydrogen) atoms. The molecule has 0 radical (unpaired) electrons. The number of nitrogens with zero attached hydrogens (tertiary/aromatic N) is 2. The number of carbonyl (C=O) groups excluding carboxylic acids is 1. The number of hydrogen-bond acceptors (Lipinski definition) is 3. The molecule has 0 heterocycles. The Bertz CT molecular complexity index is 225. The summed E-state index contributed by atoms with van der Waals surface area (Å²) in [7, 11) is 0. The van der Waals surface area contributed by atoms with Crippen molar-refractivity contribution in [2.75, 3.05) is 26.2 Å². The fraction of sp³-hybridized carbons (Fsp3) is 0.929. The number of likely N-dealkylation sites (N-methyl/N-ethyl adjacent to an activating group) is 1. The molecular formula is C14H31N3O. The maximum Gasteiger partial charge on any atom is 0.239 e. The van der Waals surface area contributed by atoms with Gasteiger partial charge in [0.1, 0.15) is 0 Å². The molecule has 0 aromatic carbocycles. The highest BCUT2D eigenvalue weighted by atomic mass is 16.2. The predicted octanol–water partition coefficient (Wildman–Crippen LogP) is 1.69. The van der Waals surface area contributed by atoms with E-state index in [2.05, 4.69) is 18.7 Å². The van der Waals surface area contributed by atoms with Crippen LogP contribution in [0.3, 0.4) is 0 Å². The van der Waals surface area contributed by atoms with E-state index in [1.165, 1.54) is 0 Å². The van der Waals surface area contributed by atoms with E-state index in [9.17, 15) is 4.79 Å². The monoisotopic (exact) mass is 257 g/mol. The van der Waals surface area contributed by atoms with Crippen molar-refractivity contribution in [1.82, 2.24) is 9.80 Å². The van der Waals surface area contributed by atoms with Gasteiger partial charge in [-0.05, 0) is 33.6 Å². The predicted molar refractivity (Wildman–Crippen MR) is 77.5 cm³/mol. The van der Waals surface area contributed by atoms with Crippen LogP contribution in [0, 0.1) is 0 Å². The van der Waals surface area contributed by atoms with Gasteiger partial charge >= 0.3 is 0 Å². The minimum Gasteiger partial charge on any atom is -0.342 e. The first-order chi connectivity index (χ1) is 8.56. The largest absolute Gasteiger partial charge is 0.342 e. The van der Waals surface area contributed by atoms with Gasteiger partial charge in [0.2, 0.25) is 5.91 Å². The summed E-state index contributed by atoms with van der Waals surface area (Å²) in [6, 6.07) is 0.376. The zero-order valence-corrected chi connectivity index (χ0v) is 12.8. The molecule has 0 spiro atoms. The normalized spacial score (nSPS) is 13.1. The maximum absolute atomic E-state index is 12.4. The third-order valence-electron chi connectivity index (χ3n) is 3.73. The molecule has 0 saturated heterocycles. The maximum atomic E-state index is 12.4. The summed E-state index contributed by atoms with van der Waals surface area (Å²) in [5.74, 6) is 0.223. The van der Waals surface area contributed by atoms with Crippen molar-refractivity contribution in [2.45, 2.75) is 59.5 Å². The van der Waals surface area contributed by atoms with E-state index < -0.39 is 0 Å². The first kappa shape index (κ1) is 17.4. The molecule has 4 nitrogen and oxygen atoms in total. The van der Waals surface area contributed by atoms with Crippen molar-refractivity contribution < 1.29 is 4.79 Å². The standard InChI is InChI=1S/C14H31N3O/c1-6-13(7-2)17(11-10-15)12(5)14(18)16(8-3)9-4/h12-13H,6-11,15H2,1-5H3. The third-order valence-corrected chi connectivity index (χ3v) is 3.73. The smallest absolute Gasteiger partial charge is 0.239 e. The van der Waals surface area contributed by atoms with Crippen molar-refractivity contribution >= 4 is 5.91 Å². The Morgan fingerprint density at radius 3 is 1.94 bits per heavy atom. The van der Waals surface area contributed by atoms with Crippen LogP contribution in [0.25, 0.3) is 0 Å². The molecule has 0 bridgehead atoms. The minimum absolute atomic E-state index is 0.0710. The highest BCUT2D eigenvalue weighted by molar-refractivity contribution is 5.81. The molecule has 0 rings (SSSR count). The molecule has 1 amide bonds. The van der Waals surface area contributed by atoms with Crippen LogP contribution in [0.2, 0.25) is 0 Å². The van der Waals surface area contributed by atoms with E-state index in [-0.39, 0.29) is 11.9 Å². The second-order valence-corrected chi connectivity index (χ2v) is 4.68. The van der Waals surface area contributed by atoms with E-state index >= 15 is 0 Å². The lowest BCUT2D eigenvalue weighted by Crippen LogP contribution is -2.52. The van der Waals surface area contributed by atoms with Crippen molar-refractivity contribution in [1.29, 1.82) is 0 Å². The van der Waals surface area contributed by atoms with Crippen LogP contribution < -0.4 is 5.73 Å². The fourth-order valence-corrected chi connectivity index (χ4v) is 2.54. The van der Waals surface area contributed by atoms with E-state index in [0.29, 0.717) is 12.6 Å².